The minimum Gasteiger partial charge on any atom is -0.480 e. The van der Waals surface area contributed by atoms with Gasteiger partial charge in [0.25, 0.3) is 5.69 Å². The summed E-state index contributed by atoms with van der Waals surface area (Å²) in [5.41, 5.74) is 0.0608. The van der Waals surface area contributed by atoms with Crippen LogP contribution in [0.4, 0.5) is 11.4 Å². The number of hydrogen-bond acceptors (Lipinski definition) is 4. The molecule has 0 saturated carbocycles. The van der Waals surface area contributed by atoms with Crippen molar-refractivity contribution >= 4 is 33.3 Å². The molecule has 2 N–H and O–H groups in total. The molecule has 104 valence electrons. The molecule has 0 saturated heterocycles. The molecular weight excluding hydrogens is 316 g/mol. The number of nitrogens with zero attached hydrogens (tertiary/aromatic N) is 1. The molecule has 1 unspecified atom stereocenters. The number of aliphatic carboxylic acids is 1. The smallest absolute Gasteiger partial charge is 0.326 e. The molecule has 19 heavy (non-hydrogen) atoms. The first kappa shape index (κ1) is 15.4. The van der Waals surface area contributed by atoms with Crippen LogP contribution >= 0.6 is 15.9 Å². The van der Waals surface area contributed by atoms with Crippen LogP contribution in [0.15, 0.2) is 22.7 Å². The van der Waals surface area contributed by atoms with Crippen molar-refractivity contribution < 1.29 is 14.8 Å². The van der Waals surface area contributed by atoms with Gasteiger partial charge in [0.1, 0.15) is 11.7 Å². The normalized spacial score (nSPS) is 12.2. The first-order valence-electron chi connectivity index (χ1n) is 5.74. The number of carboxylic acids is 1. The van der Waals surface area contributed by atoms with Gasteiger partial charge in [-0.25, -0.2) is 4.79 Å². The fourth-order valence-electron chi connectivity index (χ4n) is 1.66. The molecule has 7 heteroatoms. The number of benzene rings is 1. The van der Waals surface area contributed by atoms with Crippen molar-refractivity contribution in [1.82, 2.24) is 0 Å². The monoisotopic (exact) mass is 330 g/mol. The van der Waals surface area contributed by atoms with Crippen LogP contribution in [0.25, 0.3) is 0 Å². The zero-order chi connectivity index (χ0) is 14.6. The van der Waals surface area contributed by atoms with E-state index in [0.717, 1.165) is 0 Å². The largest absolute Gasteiger partial charge is 0.480 e. The Balaban J connectivity index is 3.02. The second kappa shape index (κ2) is 6.51. The van der Waals surface area contributed by atoms with Crippen LogP contribution in [0.1, 0.15) is 20.3 Å². The minimum atomic E-state index is -1.02. The lowest BCUT2D eigenvalue weighted by Gasteiger charge is -2.17. The summed E-state index contributed by atoms with van der Waals surface area (Å²) in [5, 5.41) is 22.8. The van der Waals surface area contributed by atoms with E-state index in [-0.39, 0.29) is 17.3 Å². The fraction of sp³-hybridized carbons (Fsp3) is 0.417. The standard InChI is InChI=1S/C12H15BrN2O4/c1-7(2)5-10(12(16)17)14-9-4-3-8(13)6-11(9)15(18)19/h3-4,6-7,10,14H,5H2,1-2H3,(H,16,17). The molecule has 1 aromatic carbocycles. The average Bonchev–Trinajstić information content (AvgIpc) is 2.29. The van der Waals surface area contributed by atoms with Gasteiger partial charge in [0.15, 0.2) is 0 Å². The Bertz CT molecular complexity index is 491. The number of carbonyl (C=O) groups is 1. The molecule has 1 atom stereocenters. The van der Waals surface area contributed by atoms with Gasteiger partial charge in [-0.05, 0) is 24.5 Å². The molecule has 0 fully saturated rings. The number of nitro benzene ring substituents is 1. The van der Waals surface area contributed by atoms with Crippen molar-refractivity contribution in [3.05, 3.63) is 32.8 Å². The molecule has 0 bridgehead atoms. The highest BCUT2D eigenvalue weighted by molar-refractivity contribution is 9.10. The van der Waals surface area contributed by atoms with E-state index in [1.807, 2.05) is 13.8 Å². The molecule has 6 nitrogen and oxygen atoms in total. The second-order valence-electron chi connectivity index (χ2n) is 4.58. The van der Waals surface area contributed by atoms with Gasteiger partial charge in [-0.2, -0.15) is 0 Å². The van der Waals surface area contributed by atoms with Crippen LogP contribution in [0.3, 0.4) is 0 Å². The predicted molar refractivity (Wildman–Crippen MR) is 75.3 cm³/mol. The molecule has 0 aliphatic heterocycles. The van der Waals surface area contributed by atoms with Gasteiger partial charge >= 0.3 is 5.97 Å². The van der Waals surface area contributed by atoms with Crippen LogP contribution in [0.2, 0.25) is 0 Å². The molecule has 0 amide bonds. The van der Waals surface area contributed by atoms with Crippen molar-refractivity contribution in [2.45, 2.75) is 26.3 Å². The van der Waals surface area contributed by atoms with Crippen LogP contribution in [-0.2, 0) is 4.79 Å². The Kier molecular flexibility index (Phi) is 5.29. The maximum atomic E-state index is 11.1. The Morgan fingerprint density at radius 1 is 1.53 bits per heavy atom. The molecule has 0 aliphatic carbocycles. The lowest BCUT2D eigenvalue weighted by atomic mass is 10.0. The van der Waals surface area contributed by atoms with E-state index < -0.39 is 16.9 Å². The third-order valence-electron chi connectivity index (χ3n) is 2.49. The van der Waals surface area contributed by atoms with Gasteiger partial charge in [0.2, 0.25) is 0 Å². The highest BCUT2D eigenvalue weighted by Gasteiger charge is 2.23. The van der Waals surface area contributed by atoms with Crippen molar-refractivity contribution in [3.8, 4) is 0 Å². The summed E-state index contributed by atoms with van der Waals surface area (Å²) in [5.74, 6) is -0.853. The van der Waals surface area contributed by atoms with Gasteiger partial charge < -0.3 is 10.4 Å². The van der Waals surface area contributed by atoms with Crippen molar-refractivity contribution in [2.75, 3.05) is 5.32 Å². The van der Waals surface area contributed by atoms with E-state index in [4.69, 9.17) is 5.11 Å². The van der Waals surface area contributed by atoms with Crippen LogP contribution in [0.5, 0.6) is 0 Å². The number of nitrogens with one attached hydrogen (secondary N) is 1. The molecule has 0 aromatic heterocycles. The molecule has 1 rings (SSSR count). The van der Waals surface area contributed by atoms with Gasteiger partial charge in [-0.15, -0.1) is 0 Å². The maximum Gasteiger partial charge on any atom is 0.326 e. The Morgan fingerprint density at radius 3 is 2.63 bits per heavy atom. The average molecular weight is 331 g/mol. The lowest BCUT2D eigenvalue weighted by Crippen LogP contribution is -2.30. The number of hydrogen-bond donors (Lipinski definition) is 2. The van der Waals surface area contributed by atoms with Crippen LogP contribution in [0, 0.1) is 16.0 Å². The van der Waals surface area contributed by atoms with Gasteiger partial charge in [-0.3, -0.25) is 10.1 Å². The van der Waals surface area contributed by atoms with Crippen molar-refractivity contribution in [1.29, 1.82) is 0 Å². The highest BCUT2D eigenvalue weighted by Crippen LogP contribution is 2.29. The summed E-state index contributed by atoms with van der Waals surface area (Å²) in [4.78, 5) is 21.6. The van der Waals surface area contributed by atoms with Crippen molar-refractivity contribution in [2.24, 2.45) is 5.92 Å². The van der Waals surface area contributed by atoms with Crippen molar-refractivity contribution in [3.63, 3.8) is 0 Å². The first-order valence-corrected chi connectivity index (χ1v) is 6.54. The number of carboxylic acid groups (broad SMARTS) is 1. The summed E-state index contributed by atoms with van der Waals surface area (Å²) in [6.07, 6.45) is 0.391. The van der Waals surface area contributed by atoms with E-state index in [0.29, 0.717) is 10.9 Å². The first-order chi connectivity index (χ1) is 8.81. The van der Waals surface area contributed by atoms with Gasteiger partial charge in [0.05, 0.1) is 4.92 Å². The third kappa shape index (κ3) is 4.51. The molecule has 1 aromatic rings. The maximum absolute atomic E-state index is 11.1. The SMILES string of the molecule is CC(C)CC(Nc1ccc(Br)cc1[N+](=O)[O-])C(=O)O. The zero-order valence-electron chi connectivity index (χ0n) is 10.6. The highest BCUT2D eigenvalue weighted by atomic mass is 79.9. The van der Waals surface area contributed by atoms with Crippen LogP contribution < -0.4 is 5.32 Å². The van der Waals surface area contributed by atoms with Gasteiger partial charge in [0, 0.05) is 10.5 Å². The zero-order valence-corrected chi connectivity index (χ0v) is 12.2. The predicted octanol–water partition coefficient (Wildman–Crippen LogP) is 3.27. The summed E-state index contributed by atoms with van der Waals surface area (Å²) in [7, 11) is 0. The fourth-order valence-corrected chi connectivity index (χ4v) is 2.01. The van der Waals surface area contributed by atoms with E-state index >= 15 is 0 Å². The molecule has 0 radical (unpaired) electrons. The van der Waals surface area contributed by atoms with E-state index in [9.17, 15) is 14.9 Å². The second-order valence-corrected chi connectivity index (χ2v) is 5.50. The van der Waals surface area contributed by atoms with E-state index in [1.54, 1.807) is 6.07 Å². The molecular formula is C12H15BrN2O4. The third-order valence-corrected chi connectivity index (χ3v) is 2.98. The Hall–Kier alpha value is -1.63. The number of halogens is 1. The number of rotatable bonds is 6. The number of anilines is 1. The Morgan fingerprint density at radius 2 is 2.16 bits per heavy atom. The van der Waals surface area contributed by atoms with Gasteiger partial charge in [-0.1, -0.05) is 29.8 Å². The summed E-state index contributed by atoms with van der Waals surface area (Å²) >= 11 is 3.15. The minimum absolute atomic E-state index is 0.149. The summed E-state index contributed by atoms with van der Waals surface area (Å²) in [6.45, 7) is 3.79. The van der Waals surface area contributed by atoms with E-state index in [1.165, 1.54) is 12.1 Å². The Labute approximate surface area is 119 Å². The topological polar surface area (TPSA) is 92.5 Å². The van der Waals surface area contributed by atoms with Crippen LogP contribution in [-0.4, -0.2) is 22.0 Å². The molecule has 0 spiro atoms. The lowest BCUT2D eigenvalue weighted by molar-refractivity contribution is -0.384. The molecule has 0 heterocycles. The quantitative estimate of drug-likeness (QED) is 0.616. The molecule has 0 aliphatic rings. The number of nitro groups is 1. The van der Waals surface area contributed by atoms with E-state index in [2.05, 4.69) is 21.2 Å². The summed E-state index contributed by atoms with van der Waals surface area (Å²) < 4.78 is 0.570. The summed E-state index contributed by atoms with van der Waals surface area (Å²) in [6, 6.07) is 3.62.